The van der Waals surface area contributed by atoms with Gasteiger partial charge in [0.05, 0.1) is 0 Å². The van der Waals surface area contributed by atoms with E-state index in [1.165, 1.54) is 17.7 Å². The lowest BCUT2D eigenvalue weighted by Gasteiger charge is -2.36. The Labute approximate surface area is 149 Å². The van der Waals surface area contributed by atoms with Gasteiger partial charge in [-0.25, -0.2) is 0 Å². The van der Waals surface area contributed by atoms with Crippen molar-refractivity contribution < 1.29 is 9.53 Å². The van der Waals surface area contributed by atoms with Gasteiger partial charge in [0.15, 0.2) is 0 Å². The third-order valence-corrected chi connectivity index (χ3v) is 6.87. The van der Waals surface area contributed by atoms with Crippen molar-refractivity contribution in [2.24, 2.45) is 0 Å². The summed E-state index contributed by atoms with van der Waals surface area (Å²) in [6, 6.07) is 10.5. The summed E-state index contributed by atoms with van der Waals surface area (Å²) >= 11 is 1.93. The van der Waals surface area contributed by atoms with Gasteiger partial charge in [-0.3, -0.25) is 4.79 Å². The Morgan fingerprint density at radius 1 is 1.17 bits per heavy atom. The molecular weight excluding hydrogens is 320 g/mol. The summed E-state index contributed by atoms with van der Waals surface area (Å²) in [6.07, 6.45) is 6.30. The van der Waals surface area contributed by atoms with E-state index in [0.29, 0.717) is 0 Å². The zero-order valence-corrected chi connectivity index (χ0v) is 15.3. The van der Waals surface area contributed by atoms with Crippen LogP contribution in [0.4, 0.5) is 0 Å². The molecule has 1 aromatic rings. The molecule has 1 saturated carbocycles. The quantitative estimate of drug-likeness (QED) is 0.830. The molecule has 3 rings (SSSR count). The van der Waals surface area contributed by atoms with Crippen LogP contribution in [0.15, 0.2) is 35.2 Å². The zero-order chi connectivity index (χ0) is 16.9. The van der Waals surface area contributed by atoms with Crippen molar-refractivity contribution in [2.45, 2.75) is 53.8 Å². The molecule has 24 heavy (non-hydrogen) atoms. The number of hydrogen-bond acceptors (Lipinski definition) is 4. The topological polar surface area (TPSA) is 50.4 Å². The summed E-state index contributed by atoms with van der Waals surface area (Å²) in [6.45, 7) is 2.40. The van der Waals surface area contributed by atoms with Crippen molar-refractivity contribution in [1.29, 1.82) is 0 Å². The van der Waals surface area contributed by atoms with Gasteiger partial charge in [0, 0.05) is 23.3 Å². The monoisotopic (exact) mass is 348 g/mol. The summed E-state index contributed by atoms with van der Waals surface area (Å²) < 4.78 is 5.77. The Hall–Kier alpha value is -1.04. The smallest absolute Gasteiger partial charge is 0.252 e. The van der Waals surface area contributed by atoms with Crippen molar-refractivity contribution in [3.63, 3.8) is 0 Å². The predicted molar refractivity (Wildman–Crippen MR) is 98.4 cm³/mol. The van der Waals surface area contributed by atoms with Gasteiger partial charge in [0.2, 0.25) is 0 Å². The molecular formula is C19H28N2O2S. The lowest BCUT2D eigenvalue weighted by atomic mass is 9.91. The number of amides is 1. The van der Waals surface area contributed by atoms with Gasteiger partial charge in [0.25, 0.3) is 5.91 Å². The van der Waals surface area contributed by atoms with Gasteiger partial charge in [-0.2, -0.15) is 0 Å². The number of benzene rings is 1. The van der Waals surface area contributed by atoms with Crippen LogP contribution in [0.3, 0.4) is 0 Å². The molecule has 0 bridgehead atoms. The van der Waals surface area contributed by atoms with E-state index in [0.717, 1.165) is 45.3 Å². The van der Waals surface area contributed by atoms with Gasteiger partial charge >= 0.3 is 0 Å². The number of rotatable bonds is 6. The number of hydrogen-bond donors (Lipinski definition) is 2. The first-order valence-electron chi connectivity index (χ1n) is 8.96. The summed E-state index contributed by atoms with van der Waals surface area (Å²) in [5.41, 5.74) is -0.650. The van der Waals surface area contributed by atoms with Gasteiger partial charge in [-0.15, -0.1) is 11.8 Å². The maximum atomic E-state index is 12.8. The van der Waals surface area contributed by atoms with Crippen LogP contribution in [0.5, 0.6) is 0 Å². The Morgan fingerprint density at radius 3 is 2.46 bits per heavy atom. The Kier molecular flexibility index (Phi) is 5.85. The SMILES string of the molecule is COC1(C(=O)NCC2(Sc3ccccc3)CCCC2)CCNCC1. The Balaban J connectivity index is 1.64. The predicted octanol–water partition coefficient (Wildman–Crippen LogP) is 2.98. The fourth-order valence-corrected chi connectivity index (χ4v) is 5.26. The van der Waals surface area contributed by atoms with Crippen LogP contribution in [0.2, 0.25) is 0 Å². The molecule has 2 aliphatic rings. The highest BCUT2D eigenvalue weighted by Crippen LogP contribution is 2.45. The summed E-state index contributed by atoms with van der Waals surface area (Å²) in [5, 5.41) is 6.54. The van der Waals surface area contributed by atoms with E-state index in [4.69, 9.17) is 4.74 Å². The molecule has 0 radical (unpaired) electrons. The largest absolute Gasteiger partial charge is 0.368 e. The first-order valence-corrected chi connectivity index (χ1v) is 9.78. The van der Waals surface area contributed by atoms with Gasteiger partial charge in [-0.05, 0) is 50.9 Å². The first-order chi connectivity index (χ1) is 11.7. The highest BCUT2D eigenvalue weighted by atomic mass is 32.2. The maximum absolute atomic E-state index is 12.8. The summed E-state index contributed by atoms with van der Waals surface area (Å²) in [7, 11) is 1.66. The second-order valence-corrected chi connectivity index (χ2v) is 8.48. The number of thioether (sulfide) groups is 1. The lowest BCUT2D eigenvalue weighted by molar-refractivity contribution is -0.146. The third kappa shape index (κ3) is 3.95. The van der Waals surface area contributed by atoms with Crippen LogP contribution in [-0.2, 0) is 9.53 Å². The highest BCUT2D eigenvalue weighted by molar-refractivity contribution is 8.00. The number of carbonyl (C=O) groups excluding carboxylic acids is 1. The highest BCUT2D eigenvalue weighted by Gasteiger charge is 2.42. The molecule has 0 spiro atoms. The van der Waals surface area contributed by atoms with Gasteiger partial charge < -0.3 is 15.4 Å². The van der Waals surface area contributed by atoms with Gasteiger partial charge in [0.1, 0.15) is 5.60 Å². The minimum Gasteiger partial charge on any atom is -0.368 e. The summed E-state index contributed by atoms with van der Waals surface area (Å²) in [4.78, 5) is 14.1. The Morgan fingerprint density at radius 2 is 1.83 bits per heavy atom. The molecule has 5 heteroatoms. The molecule has 1 aromatic carbocycles. The van der Waals surface area contributed by atoms with E-state index in [-0.39, 0.29) is 10.7 Å². The summed E-state index contributed by atoms with van der Waals surface area (Å²) in [5.74, 6) is 0.0615. The minimum absolute atomic E-state index is 0.0615. The van der Waals surface area contributed by atoms with E-state index < -0.39 is 5.60 Å². The van der Waals surface area contributed by atoms with Gasteiger partial charge in [-0.1, -0.05) is 31.0 Å². The van der Waals surface area contributed by atoms with Crippen LogP contribution in [0.1, 0.15) is 38.5 Å². The molecule has 1 saturated heterocycles. The molecule has 0 aromatic heterocycles. The maximum Gasteiger partial charge on any atom is 0.252 e. The van der Waals surface area contributed by atoms with E-state index in [1.807, 2.05) is 17.8 Å². The van der Waals surface area contributed by atoms with Crippen LogP contribution < -0.4 is 10.6 Å². The van der Waals surface area contributed by atoms with Crippen molar-refractivity contribution in [3.8, 4) is 0 Å². The van der Waals surface area contributed by atoms with E-state index >= 15 is 0 Å². The van der Waals surface area contributed by atoms with Crippen molar-refractivity contribution in [3.05, 3.63) is 30.3 Å². The lowest BCUT2D eigenvalue weighted by Crippen LogP contribution is -2.55. The average Bonchev–Trinajstić information content (AvgIpc) is 3.10. The fourth-order valence-electron chi connectivity index (χ4n) is 3.83. The molecule has 1 heterocycles. The molecule has 4 nitrogen and oxygen atoms in total. The van der Waals surface area contributed by atoms with Crippen LogP contribution in [-0.4, -0.2) is 43.0 Å². The molecule has 0 unspecified atom stereocenters. The third-order valence-electron chi connectivity index (χ3n) is 5.38. The number of nitrogens with one attached hydrogen (secondary N) is 2. The molecule has 132 valence electrons. The standard InChI is InChI=1S/C19H28N2O2S/c1-23-19(11-13-20-14-12-19)17(22)21-15-18(9-5-6-10-18)24-16-7-3-2-4-8-16/h2-4,7-8,20H,5-6,9-15H2,1H3,(H,21,22). The van der Waals surface area contributed by atoms with Crippen molar-refractivity contribution in [1.82, 2.24) is 10.6 Å². The fraction of sp³-hybridized carbons (Fsp3) is 0.632. The van der Waals surface area contributed by atoms with Crippen LogP contribution in [0, 0.1) is 0 Å². The molecule has 1 amide bonds. The van der Waals surface area contributed by atoms with Crippen LogP contribution in [0.25, 0.3) is 0 Å². The first kappa shape index (κ1) is 17.8. The van der Waals surface area contributed by atoms with E-state index in [2.05, 4.69) is 34.9 Å². The number of carbonyl (C=O) groups is 1. The molecule has 0 atom stereocenters. The average molecular weight is 349 g/mol. The van der Waals surface area contributed by atoms with Crippen LogP contribution >= 0.6 is 11.8 Å². The molecule has 2 N–H and O–H groups in total. The van der Waals surface area contributed by atoms with Crippen molar-refractivity contribution >= 4 is 17.7 Å². The van der Waals surface area contributed by atoms with Crippen molar-refractivity contribution in [2.75, 3.05) is 26.7 Å². The van der Waals surface area contributed by atoms with E-state index in [9.17, 15) is 4.79 Å². The minimum atomic E-state index is -0.650. The zero-order valence-electron chi connectivity index (χ0n) is 14.5. The number of ether oxygens (including phenoxy) is 1. The second-order valence-electron chi connectivity index (χ2n) is 6.94. The normalized spacial score (nSPS) is 22.2. The molecule has 1 aliphatic heterocycles. The molecule has 2 fully saturated rings. The van der Waals surface area contributed by atoms with E-state index in [1.54, 1.807) is 7.11 Å². The molecule has 1 aliphatic carbocycles. The Bertz CT molecular complexity index is 538. The number of methoxy groups -OCH3 is 1. The number of piperidine rings is 1. The second kappa shape index (κ2) is 7.89.